The first-order valence-corrected chi connectivity index (χ1v) is 35.9. The second-order valence-electron chi connectivity index (χ2n) is 22.7. The number of para-hydroxylation sites is 4. The lowest BCUT2D eigenvalue weighted by molar-refractivity contribution is -0.137. The van der Waals surface area contributed by atoms with Gasteiger partial charge in [0.15, 0.2) is 23.0 Å². The van der Waals surface area contributed by atoms with Gasteiger partial charge in [0.25, 0.3) is 0 Å². The fourth-order valence-electron chi connectivity index (χ4n) is 10.8. The minimum Gasteiger partial charge on any atom is -0.502 e. The van der Waals surface area contributed by atoms with Crippen LogP contribution in [0.15, 0.2) is 285 Å². The van der Waals surface area contributed by atoms with Gasteiger partial charge in [-0.25, -0.2) is 9.59 Å². The summed E-state index contributed by atoms with van der Waals surface area (Å²) in [5, 5.41) is 19.0. The molecule has 0 bridgehead atoms. The van der Waals surface area contributed by atoms with Crippen LogP contribution in [0.25, 0.3) is 30.4 Å². The van der Waals surface area contributed by atoms with Crippen LogP contribution >= 0.6 is 34.0 Å². The summed E-state index contributed by atoms with van der Waals surface area (Å²) in [6.07, 6.45) is 24.1. The highest BCUT2D eigenvalue weighted by Crippen LogP contribution is 2.47. The quantitative estimate of drug-likeness (QED) is 0.0126. The molecule has 2 aliphatic rings. The summed E-state index contributed by atoms with van der Waals surface area (Å²) in [6, 6.07) is 69.5. The molecule has 20 heteroatoms. The second kappa shape index (κ2) is 38.5. The van der Waals surface area contributed by atoms with E-state index in [-0.39, 0.29) is 19.0 Å². The maximum atomic E-state index is 12.2. The number of carbonyl (C=O) groups excluding carboxylic acids is 2. The van der Waals surface area contributed by atoms with Gasteiger partial charge in [-0.3, -0.25) is 15.0 Å². The number of carbonyl (C=O) groups is 2. The molecule has 0 spiro atoms. The van der Waals surface area contributed by atoms with E-state index in [4.69, 9.17) is 43.0 Å². The topological polar surface area (TPSA) is 158 Å². The summed E-state index contributed by atoms with van der Waals surface area (Å²) in [5.74, 6) is 2.34. The van der Waals surface area contributed by atoms with Gasteiger partial charge in [-0.1, -0.05) is 160 Å². The Balaban J connectivity index is 0.000000210. The van der Waals surface area contributed by atoms with Crippen molar-refractivity contribution in [2.24, 2.45) is 15.3 Å². The number of nitrogens with zero attached hydrogens (tertiary/aromatic N) is 7. The minimum absolute atomic E-state index is 0.0702. The predicted molar refractivity (Wildman–Crippen MR) is 426 cm³/mol. The summed E-state index contributed by atoms with van der Waals surface area (Å²) >= 11 is 4.97. The van der Waals surface area contributed by atoms with Gasteiger partial charge in [0.1, 0.15) is 46.1 Å². The Labute approximate surface area is 618 Å². The van der Waals surface area contributed by atoms with E-state index in [1.54, 1.807) is 56.5 Å². The van der Waals surface area contributed by atoms with E-state index in [1.807, 2.05) is 187 Å². The number of anilines is 6. The Hall–Kier alpha value is -12.2. The molecule has 7 aromatic carbocycles. The molecule has 104 heavy (non-hydrogen) atoms. The van der Waals surface area contributed by atoms with Gasteiger partial charge in [0.05, 0.1) is 93.4 Å². The highest BCUT2D eigenvalue weighted by molar-refractivity contribution is 7.16. The third-order valence-electron chi connectivity index (χ3n) is 15.7. The smallest absolute Gasteiger partial charge is 0.332 e. The van der Waals surface area contributed by atoms with E-state index in [2.05, 4.69) is 114 Å². The molecule has 0 amide bonds. The van der Waals surface area contributed by atoms with Crippen LogP contribution in [-0.4, -0.2) is 89.9 Å². The molecule has 526 valence electrons. The van der Waals surface area contributed by atoms with Crippen LogP contribution in [0, 0.1) is 0 Å². The first-order valence-electron chi connectivity index (χ1n) is 33.5. The van der Waals surface area contributed by atoms with Crippen LogP contribution in [-0.2, 0) is 28.5 Å². The van der Waals surface area contributed by atoms with Crippen molar-refractivity contribution in [3.05, 3.63) is 316 Å². The van der Waals surface area contributed by atoms with Gasteiger partial charge in [-0.2, -0.15) is 15.3 Å². The lowest BCUT2D eigenvalue weighted by atomic mass is 9.95. The minimum atomic E-state index is -0.469. The average Bonchev–Trinajstić information content (AvgIpc) is 1.53. The third kappa shape index (κ3) is 20.7. The Bertz CT molecular complexity index is 4350. The molecule has 10 aromatic rings. The molecular formula is C84H77N7O10S3. The number of thiophene rings is 3. The first-order chi connectivity index (χ1) is 51.2. The zero-order chi connectivity index (χ0) is 71.9. The van der Waals surface area contributed by atoms with Crippen molar-refractivity contribution in [3.8, 4) is 23.0 Å². The van der Waals surface area contributed by atoms with E-state index in [0.717, 1.165) is 116 Å². The molecule has 0 saturated heterocycles. The molecule has 0 N–H and O–H groups in total. The number of hydrogen-bond acceptors (Lipinski definition) is 20. The second-order valence-corrected chi connectivity index (χ2v) is 26.0. The fourth-order valence-corrected chi connectivity index (χ4v) is 13.6. The monoisotopic (exact) mass is 1440 g/mol. The molecule has 2 aliphatic heterocycles. The van der Waals surface area contributed by atoms with Crippen molar-refractivity contribution in [2.75, 3.05) is 79.2 Å². The number of ether oxygens (including phenoxy) is 8. The van der Waals surface area contributed by atoms with E-state index in [1.165, 1.54) is 18.1 Å². The predicted octanol–water partition coefficient (Wildman–Crippen LogP) is 19.3. The number of hydrogen-bond donors (Lipinski definition) is 0. The average molecular weight is 1440 g/mol. The number of hydrazone groups is 3. The van der Waals surface area contributed by atoms with Crippen molar-refractivity contribution in [2.45, 2.75) is 12.3 Å². The van der Waals surface area contributed by atoms with E-state index in [0.29, 0.717) is 46.2 Å². The van der Waals surface area contributed by atoms with Gasteiger partial charge >= 0.3 is 11.9 Å². The lowest BCUT2D eigenvalue weighted by Crippen LogP contribution is -2.25. The Morgan fingerprint density at radius 3 is 1.24 bits per heavy atom. The largest absolute Gasteiger partial charge is 0.502 e. The Kier molecular flexibility index (Phi) is 27.1. The molecule has 17 nitrogen and oxygen atoms in total. The molecule has 0 radical (unpaired) electrons. The van der Waals surface area contributed by atoms with Gasteiger partial charge < -0.3 is 42.8 Å². The summed E-state index contributed by atoms with van der Waals surface area (Å²) in [4.78, 5) is 32.7. The molecule has 3 aromatic heterocycles. The van der Waals surface area contributed by atoms with Gasteiger partial charge in [-0.05, 0) is 138 Å². The van der Waals surface area contributed by atoms with Crippen LogP contribution in [0.1, 0.15) is 58.3 Å². The van der Waals surface area contributed by atoms with Crippen LogP contribution < -0.4 is 38.9 Å². The van der Waals surface area contributed by atoms with Crippen LogP contribution in [0.2, 0.25) is 0 Å². The first kappa shape index (κ1) is 73.0. The van der Waals surface area contributed by atoms with Crippen molar-refractivity contribution in [1.29, 1.82) is 0 Å². The van der Waals surface area contributed by atoms with Gasteiger partial charge in [0.2, 0.25) is 0 Å². The number of benzene rings is 7. The molecule has 1 atom stereocenters. The zero-order valence-corrected chi connectivity index (χ0v) is 59.6. The zero-order valence-electron chi connectivity index (χ0n) is 57.1. The molecular weight excluding hydrogens is 1360 g/mol. The van der Waals surface area contributed by atoms with Crippen LogP contribution in [0.3, 0.4) is 0 Å². The molecule has 0 saturated carbocycles. The van der Waals surface area contributed by atoms with E-state index >= 15 is 0 Å². The Morgan fingerprint density at radius 1 is 0.404 bits per heavy atom. The molecule has 0 aliphatic carbocycles. The number of fused-ring (bicyclic) bond motifs is 2. The number of allylic oxidation sites excluding steroid dienone is 1. The van der Waals surface area contributed by atoms with Gasteiger partial charge in [0, 0.05) is 32.7 Å². The summed E-state index contributed by atoms with van der Waals surface area (Å²) in [5.41, 5.74) is 8.27. The molecule has 0 fully saturated rings. The molecule has 12 rings (SSSR count). The number of esters is 2. The summed E-state index contributed by atoms with van der Waals surface area (Å²) in [7, 11) is 0. The van der Waals surface area contributed by atoms with Crippen LogP contribution in [0.4, 0.5) is 34.1 Å². The van der Waals surface area contributed by atoms with E-state index < -0.39 is 11.9 Å². The highest BCUT2D eigenvalue weighted by atomic mass is 32.1. The van der Waals surface area contributed by atoms with Crippen LogP contribution in [0.5, 0.6) is 23.0 Å². The van der Waals surface area contributed by atoms with Crippen molar-refractivity contribution in [3.63, 3.8) is 0 Å². The molecule has 1 unspecified atom stereocenters. The third-order valence-corrected chi connectivity index (χ3v) is 18.9. The summed E-state index contributed by atoms with van der Waals surface area (Å²) < 4.78 is 45.1. The lowest BCUT2D eigenvalue weighted by Gasteiger charge is -2.25. The Morgan fingerprint density at radius 2 is 0.788 bits per heavy atom. The van der Waals surface area contributed by atoms with Gasteiger partial charge in [-0.15, -0.1) is 34.0 Å². The fraction of sp³-hybridized carbons (Fsp3) is 0.131. The number of rotatable bonds is 33. The van der Waals surface area contributed by atoms with Crippen molar-refractivity contribution < 1.29 is 47.5 Å². The maximum Gasteiger partial charge on any atom is 0.332 e. The standard InChI is InChI=1S/C44H42N2O6S3.C40H35N5O4/c1-3-47-25-23-33(32-11-7-5-8-12-32)15-20-37-41-42(50-28-27-49-41)38(54-37)21-18-35-16-17-36(53-35)19-22-39-43-44(52-30-29-51-43)40(55-39)31-45-46(24-26-48-4-2)34-13-9-6-10-14-34;1-3-48-39(46)30-43(34-14-8-5-9-15-34)41-28-32-20-24-37(25-21-32)45(36-18-12-7-13-19-36)38-26-22-33(23-27-38)29-42-44(31-40(47)49-4-2)35-16-10-6-11-17-35/h3-22,31,33H,1-2,23-30H2;3-29H,1-2,30-31H2/b20-15+,21-18+,22-19+,45-31+;41-28+,42-29+. The summed E-state index contributed by atoms with van der Waals surface area (Å²) in [6.45, 7) is 17.8. The van der Waals surface area contributed by atoms with E-state index in [9.17, 15) is 9.59 Å². The SMILES string of the molecule is C=COC(=O)CN(/N=C/c1ccc(N(c2ccccc2)c2ccc(/C=N/N(CC(=O)OC=C)c3ccccc3)cc2)cc1)c1ccccc1.C=COCCC(/C=C/c1sc(/C=C/c2ccc(/C=C/c3sc(/C=N/N(CCOC=C)c4ccccc4)c4c3OCCO4)s2)c2c1OCCO2)c1ccccc1. The highest BCUT2D eigenvalue weighted by Gasteiger charge is 2.25. The van der Waals surface area contributed by atoms with Crippen molar-refractivity contribution in [1.82, 2.24) is 0 Å². The van der Waals surface area contributed by atoms with Crippen molar-refractivity contribution >= 4 is 129 Å². The normalized spacial score (nSPS) is 12.6. The molecule has 5 heterocycles. The maximum absolute atomic E-state index is 12.2.